The summed E-state index contributed by atoms with van der Waals surface area (Å²) >= 11 is 3.53. The van der Waals surface area contributed by atoms with Crippen LogP contribution in [-0.2, 0) is 11.8 Å². The lowest BCUT2D eigenvalue weighted by Crippen LogP contribution is -1.88. The molecule has 0 amide bonds. The van der Waals surface area contributed by atoms with Gasteiger partial charge in [-0.3, -0.25) is 0 Å². The summed E-state index contributed by atoms with van der Waals surface area (Å²) in [5, 5.41) is 0.971. The van der Waals surface area contributed by atoms with Crippen LogP contribution in [0.2, 0.25) is 0 Å². The third kappa shape index (κ3) is 10.1. The first-order valence-electron chi connectivity index (χ1n) is 9.00. The lowest BCUT2D eigenvalue weighted by Gasteiger charge is -2.04. The lowest BCUT2D eigenvalue weighted by atomic mass is 10.0. The Morgan fingerprint density at radius 2 is 1.24 bits per heavy atom. The zero-order valence-corrected chi connectivity index (χ0v) is 15.5. The molecule has 0 bridgehead atoms. The largest absolute Gasteiger partial charge is 0.0876 e. The van der Waals surface area contributed by atoms with Crippen molar-refractivity contribution in [1.82, 2.24) is 0 Å². The van der Waals surface area contributed by atoms with Crippen LogP contribution in [0.4, 0.5) is 0 Å². The van der Waals surface area contributed by atoms with E-state index in [2.05, 4.69) is 47.1 Å². The maximum Gasteiger partial charge on any atom is 0.0283 e. The van der Waals surface area contributed by atoms with Gasteiger partial charge in [-0.2, -0.15) is 0 Å². The number of aryl methyl sites for hydroxylation is 1. The fraction of sp³-hybridized carbons (Fsp3) is 0.700. The number of hydrogen-bond acceptors (Lipinski definition) is 0. The van der Waals surface area contributed by atoms with Crippen molar-refractivity contribution in [1.29, 1.82) is 0 Å². The minimum Gasteiger partial charge on any atom is -0.0876 e. The summed E-state index contributed by atoms with van der Waals surface area (Å²) in [5.41, 5.74) is 2.90. The molecular weight excluding hydrogens is 320 g/mol. The van der Waals surface area contributed by atoms with Gasteiger partial charge in [0.15, 0.2) is 0 Å². The van der Waals surface area contributed by atoms with Crippen LogP contribution < -0.4 is 0 Å². The van der Waals surface area contributed by atoms with E-state index in [0.717, 1.165) is 5.33 Å². The number of halogens is 1. The van der Waals surface area contributed by atoms with E-state index in [0.29, 0.717) is 0 Å². The molecule has 0 heterocycles. The first-order chi connectivity index (χ1) is 10.4. The molecule has 0 atom stereocenters. The minimum absolute atomic E-state index is 0.971. The second-order valence-electron chi connectivity index (χ2n) is 6.24. The van der Waals surface area contributed by atoms with Crippen LogP contribution in [0.15, 0.2) is 24.3 Å². The summed E-state index contributed by atoms with van der Waals surface area (Å²) in [4.78, 5) is 0. The summed E-state index contributed by atoms with van der Waals surface area (Å²) in [7, 11) is 0. The molecule has 0 saturated heterocycles. The van der Waals surface area contributed by atoms with Crippen molar-refractivity contribution in [2.75, 3.05) is 0 Å². The molecule has 0 spiro atoms. The molecule has 0 fully saturated rings. The zero-order chi connectivity index (χ0) is 15.2. The van der Waals surface area contributed by atoms with E-state index in [1.165, 1.54) is 88.2 Å². The zero-order valence-electron chi connectivity index (χ0n) is 13.9. The van der Waals surface area contributed by atoms with Gasteiger partial charge in [-0.05, 0) is 24.0 Å². The number of hydrogen-bond donors (Lipinski definition) is 0. The van der Waals surface area contributed by atoms with Crippen molar-refractivity contribution < 1.29 is 0 Å². The molecule has 1 aromatic carbocycles. The van der Waals surface area contributed by atoms with Crippen LogP contribution in [0.3, 0.4) is 0 Å². The summed E-state index contributed by atoms with van der Waals surface area (Å²) in [6.45, 7) is 2.29. The van der Waals surface area contributed by atoms with Crippen LogP contribution >= 0.6 is 15.9 Å². The van der Waals surface area contributed by atoms with Gasteiger partial charge in [0.1, 0.15) is 0 Å². The third-order valence-electron chi connectivity index (χ3n) is 4.21. The summed E-state index contributed by atoms with van der Waals surface area (Å²) < 4.78 is 0. The smallest absolute Gasteiger partial charge is 0.0283 e. The van der Waals surface area contributed by atoms with Crippen LogP contribution in [0, 0.1) is 0 Å². The molecule has 0 radical (unpaired) electrons. The average molecular weight is 353 g/mol. The molecule has 1 aromatic rings. The highest BCUT2D eigenvalue weighted by Crippen LogP contribution is 2.14. The standard InChI is InChI=1S/C20H33Br/c1-2-3-4-5-6-7-8-9-10-11-12-14-19-15-13-16-20(17-19)18-21/h13,15-17H,2-12,14,18H2,1H3. The van der Waals surface area contributed by atoms with E-state index in [-0.39, 0.29) is 0 Å². The van der Waals surface area contributed by atoms with E-state index >= 15 is 0 Å². The van der Waals surface area contributed by atoms with E-state index in [1.807, 2.05) is 0 Å². The molecule has 0 unspecified atom stereocenters. The van der Waals surface area contributed by atoms with Gasteiger partial charge in [0, 0.05) is 5.33 Å². The van der Waals surface area contributed by atoms with Crippen LogP contribution in [0.25, 0.3) is 0 Å². The Bertz CT molecular complexity index is 345. The number of benzene rings is 1. The third-order valence-corrected chi connectivity index (χ3v) is 4.86. The summed E-state index contributed by atoms with van der Waals surface area (Å²) in [6, 6.07) is 8.98. The molecule has 21 heavy (non-hydrogen) atoms. The van der Waals surface area contributed by atoms with Gasteiger partial charge in [0.25, 0.3) is 0 Å². The molecule has 0 N–H and O–H groups in total. The highest BCUT2D eigenvalue weighted by atomic mass is 79.9. The number of rotatable bonds is 13. The fourth-order valence-electron chi connectivity index (χ4n) is 2.86. The van der Waals surface area contributed by atoms with Crippen molar-refractivity contribution >= 4 is 15.9 Å². The molecule has 1 rings (SSSR count). The Hall–Kier alpha value is -0.300. The quantitative estimate of drug-likeness (QED) is 0.255. The van der Waals surface area contributed by atoms with Crippen LogP contribution in [-0.4, -0.2) is 0 Å². The van der Waals surface area contributed by atoms with Crippen molar-refractivity contribution in [3.8, 4) is 0 Å². The maximum absolute atomic E-state index is 3.53. The monoisotopic (exact) mass is 352 g/mol. The molecule has 0 aromatic heterocycles. The van der Waals surface area contributed by atoms with Gasteiger partial charge < -0.3 is 0 Å². The van der Waals surface area contributed by atoms with E-state index in [9.17, 15) is 0 Å². The van der Waals surface area contributed by atoms with Crippen molar-refractivity contribution in [3.63, 3.8) is 0 Å². The van der Waals surface area contributed by atoms with Gasteiger partial charge >= 0.3 is 0 Å². The normalized spacial score (nSPS) is 11.0. The number of unbranched alkanes of at least 4 members (excludes halogenated alkanes) is 10. The minimum atomic E-state index is 0.971. The molecule has 0 saturated carbocycles. The van der Waals surface area contributed by atoms with Gasteiger partial charge in [-0.15, -0.1) is 0 Å². The Labute approximate surface area is 140 Å². The predicted molar refractivity (Wildman–Crippen MR) is 99.2 cm³/mol. The lowest BCUT2D eigenvalue weighted by molar-refractivity contribution is 0.549. The van der Waals surface area contributed by atoms with E-state index in [4.69, 9.17) is 0 Å². The Balaban J connectivity index is 1.90. The predicted octanol–water partition coefficient (Wildman–Crippen LogP) is 7.44. The number of alkyl halides is 1. The first-order valence-corrected chi connectivity index (χ1v) is 10.1. The van der Waals surface area contributed by atoms with Gasteiger partial charge in [0.05, 0.1) is 0 Å². The highest BCUT2D eigenvalue weighted by molar-refractivity contribution is 9.08. The second-order valence-corrected chi connectivity index (χ2v) is 6.80. The Morgan fingerprint density at radius 1 is 0.714 bits per heavy atom. The molecule has 0 aliphatic heterocycles. The second kappa shape index (κ2) is 13.4. The Morgan fingerprint density at radius 3 is 1.81 bits per heavy atom. The van der Waals surface area contributed by atoms with Gasteiger partial charge in [0.2, 0.25) is 0 Å². The molecular formula is C20H33Br. The van der Waals surface area contributed by atoms with Crippen LogP contribution in [0.1, 0.15) is 88.7 Å². The molecule has 0 aliphatic carbocycles. The SMILES string of the molecule is CCCCCCCCCCCCCc1cccc(CBr)c1. The summed E-state index contributed by atoms with van der Waals surface area (Å²) in [5.74, 6) is 0. The first kappa shape index (κ1) is 18.7. The average Bonchev–Trinajstić information content (AvgIpc) is 2.53. The Kier molecular flexibility index (Phi) is 11.9. The molecule has 0 aliphatic rings. The summed E-state index contributed by atoms with van der Waals surface area (Å²) in [6.07, 6.45) is 16.9. The fourth-order valence-corrected chi connectivity index (χ4v) is 3.21. The molecule has 1 heteroatoms. The van der Waals surface area contributed by atoms with E-state index in [1.54, 1.807) is 0 Å². The van der Waals surface area contributed by atoms with E-state index < -0.39 is 0 Å². The van der Waals surface area contributed by atoms with Gasteiger partial charge in [-0.25, -0.2) is 0 Å². The topological polar surface area (TPSA) is 0 Å². The molecule has 0 nitrogen and oxygen atoms in total. The maximum atomic E-state index is 3.53. The molecule has 120 valence electrons. The van der Waals surface area contributed by atoms with Crippen molar-refractivity contribution in [2.45, 2.75) is 89.3 Å². The van der Waals surface area contributed by atoms with Crippen molar-refractivity contribution in [2.24, 2.45) is 0 Å². The van der Waals surface area contributed by atoms with Gasteiger partial charge in [-0.1, -0.05) is 111 Å². The van der Waals surface area contributed by atoms with Crippen molar-refractivity contribution in [3.05, 3.63) is 35.4 Å². The highest BCUT2D eigenvalue weighted by Gasteiger charge is 1.96. The van der Waals surface area contributed by atoms with Crippen LogP contribution in [0.5, 0.6) is 0 Å².